The van der Waals surface area contributed by atoms with E-state index in [0.717, 1.165) is 13.0 Å². The molecule has 2 nitrogen and oxygen atoms in total. The van der Waals surface area contributed by atoms with E-state index in [9.17, 15) is 0 Å². The molecule has 0 bridgehead atoms. The first-order chi connectivity index (χ1) is 6.86. The molecule has 0 spiro atoms. The Hall–Kier alpha value is -1.28. The van der Waals surface area contributed by atoms with Crippen LogP contribution in [0, 0.1) is 0 Å². The number of hydrogen-bond acceptors (Lipinski definition) is 1. The van der Waals surface area contributed by atoms with E-state index >= 15 is 0 Å². The van der Waals surface area contributed by atoms with Crippen LogP contribution in [0.2, 0.25) is 0 Å². The quantitative estimate of drug-likeness (QED) is 0.786. The lowest BCUT2D eigenvalue weighted by molar-refractivity contribution is 0.300. The maximum atomic E-state index is 8.95. The number of nitrogens with zero attached hydrogens (tertiary/aromatic N) is 1. The van der Waals surface area contributed by atoms with Gasteiger partial charge in [0.1, 0.15) is 0 Å². The van der Waals surface area contributed by atoms with E-state index < -0.39 is 0 Å². The molecule has 2 heteroatoms. The maximum Gasteiger partial charge on any atom is 0.0483 e. The number of benzene rings is 1. The van der Waals surface area contributed by atoms with Gasteiger partial charge in [-0.3, -0.25) is 0 Å². The number of aromatic nitrogens is 1. The molecule has 0 aliphatic heterocycles. The summed E-state index contributed by atoms with van der Waals surface area (Å²) in [5.74, 6) is 0. The summed E-state index contributed by atoms with van der Waals surface area (Å²) in [5, 5.41) is 10.2. The van der Waals surface area contributed by atoms with Gasteiger partial charge >= 0.3 is 0 Å². The van der Waals surface area contributed by atoms with Crippen LogP contribution < -0.4 is 0 Å². The minimum atomic E-state index is 0.220. The number of hydrogen-bond donors (Lipinski definition) is 1. The highest BCUT2D eigenvalue weighted by atomic mass is 16.2. The van der Waals surface area contributed by atoms with Crippen molar-refractivity contribution in [2.75, 3.05) is 6.61 Å². The lowest BCUT2D eigenvalue weighted by Crippen LogP contribution is -1.91. The van der Waals surface area contributed by atoms with E-state index in [0.29, 0.717) is 0 Å². The van der Waals surface area contributed by atoms with Crippen molar-refractivity contribution < 1.29 is 5.11 Å². The molecule has 1 N–H and O–H groups in total. The Morgan fingerprint density at radius 3 is 2.79 bits per heavy atom. The molecule has 1 aromatic heterocycles. The highest BCUT2D eigenvalue weighted by Gasteiger charge is 2.05. The first kappa shape index (κ1) is 9.28. The molecule has 0 saturated heterocycles. The van der Waals surface area contributed by atoms with Gasteiger partial charge in [-0.25, -0.2) is 0 Å². The molecule has 0 fully saturated rings. The molecule has 0 aliphatic carbocycles. The molecule has 0 radical (unpaired) electrons. The second-order valence-corrected chi connectivity index (χ2v) is 3.43. The summed E-state index contributed by atoms with van der Waals surface area (Å²) in [6.07, 6.45) is 2.88. The van der Waals surface area contributed by atoms with E-state index in [1.807, 2.05) is 6.07 Å². The van der Waals surface area contributed by atoms with Crippen molar-refractivity contribution in [3.05, 3.63) is 36.0 Å². The lowest BCUT2D eigenvalue weighted by Gasteiger charge is -1.98. The highest BCUT2D eigenvalue weighted by Crippen LogP contribution is 2.21. The predicted molar refractivity (Wildman–Crippen MR) is 58.4 cm³/mol. The Kier molecular flexibility index (Phi) is 2.55. The van der Waals surface area contributed by atoms with Crippen LogP contribution >= 0.6 is 0 Å². The second-order valence-electron chi connectivity index (χ2n) is 3.43. The van der Waals surface area contributed by atoms with Gasteiger partial charge in [0.15, 0.2) is 0 Å². The average Bonchev–Trinajstić information content (AvgIpc) is 2.58. The zero-order valence-corrected chi connectivity index (χ0v) is 8.40. The molecule has 2 rings (SSSR count). The Balaban J connectivity index is 2.61. The van der Waals surface area contributed by atoms with Crippen molar-refractivity contribution in [3.8, 4) is 0 Å². The third-order valence-electron chi connectivity index (χ3n) is 2.59. The standard InChI is InChI=1S/C12H15NO/c1-2-13-9-10(7-8-14)11-5-3-4-6-12(11)13/h3-6,9,14H,2,7-8H2,1H3. The number of aliphatic hydroxyl groups excluding tert-OH is 1. The fourth-order valence-corrected chi connectivity index (χ4v) is 1.90. The van der Waals surface area contributed by atoms with E-state index in [-0.39, 0.29) is 6.61 Å². The van der Waals surface area contributed by atoms with Crippen molar-refractivity contribution in [1.82, 2.24) is 4.57 Å². The third kappa shape index (κ3) is 1.42. The van der Waals surface area contributed by atoms with Crippen LogP contribution in [-0.2, 0) is 13.0 Å². The first-order valence-electron chi connectivity index (χ1n) is 5.04. The molecule has 0 unspecified atom stereocenters. The molecule has 0 amide bonds. The molecule has 74 valence electrons. The largest absolute Gasteiger partial charge is 0.396 e. The summed E-state index contributed by atoms with van der Waals surface area (Å²) in [7, 11) is 0. The number of fused-ring (bicyclic) bond motifs is 1. The van der Waals surface area contributed by atoms with Gasteiger partial charge in [0.05, 0.1) is 0 Å². The van der Waals surface area contributed by atoms with Gasteiger partial charge in [-0.05, 0) is 25.0 Å². The normalized spacial score (nSPS) is 11.0. The molecule has 2 aromatic rings. The Bertz CT molecular complexity index is 431. The zero-order valence-electron chi connectivity index (χ0n) is 8.40. The van der Waals surface area contributed by atoms with Crippen LogP contribution in [0.3, 0.4) is 0 Å². The molecule has 1 heterocycles. The maximum absolute atomic E-state index is 8.95. The number of aryl methyl sites for hydroxylation is 1. The van der Waals surface area contributed by atoms with Crippen molar-refractivity contribution >= 4 is 10.9 Å². The fraction of sp³-hybridized carbons (Fsp3) is 0.333. The van der Waals surface area contributed by atoms with Crippen LogP contribution in [0.15, 0.2) is 30.5 Å². The molecule has 0 saturated carbocycles. The van der Waals surface area contributed by atoms with E-state index in [1.165, 1.54) is 16.5 Å². The monoisotopic (exact) mass is 189 g/mol. The SMILES string of the molecule is CCn1cc(CCO)c2ccccc21. The Morgan fingerprint density at radius 2 is 2.07 bits per heavy atom. The summed E-state index contributed by atoms with van der Waals surface area (Å²) in [6.45, 7) is 3.33. The lowest BCUT2D eigenvalue weighted by atomic mass is 10.1. The van der Waals surface area contributed by atoms with Gasteiger partial charge in [0.25, 0.3) is 0 Å². The van der Waals surface area contributed by atoms with Crippen molar-refractivity contribution in [1.29, 1.82) is 0 Å². The van der Waals surface area contributed by atoms with Crippen LogP contribution in [-0.4, -0.2) is 16.3 Å². The predicted octanol–water partition coefficient (Wildman–Crippen LogP) is 2.20. The van der Waals surface area contributed by atoms with E-state index in [4.69, 9.17) is 5.11 Å². The number of aliphatic hydroxyl groups is 1. The Morgan fingerprint density at radius 1 is 1.29 bits per heavy atom. The zero-order chi connectivity index (χ0) is 9.97. The topological polar surface area (TPSA) is 25.2 Å². The number of para-hydroxylation sites is 1. The third-order valence-corrected chi connectivity index (χ3v) is 2.59. The van der Waals surface area contributed by atoms with Gasteiger partial charge in [0.2, 0.25) is 0 Å². The highest BCUT2D eigenvalue weighted by molar-refractivity contribution is 5.83. The molecule has 14 heavy (non-hydrogen) atoms. The van der Waals surface area contributed by atoms with E-state index in [2.05, 4.69) is 35.9 Å². The summed E-state index contributed by atoms with van der Waals surface area (Å²) in [6, 6.07) is 8.34. The molecule has 0 aliphatic rings. The summed E-state index contributed by atoms with van der Waals surface area (Å²) < 4.78 is 2.22. The van der Waals surface area contributed by atoms with Gasteiger partial charge in [0, 0.05) is 30.3 Å². The van der Waals surface area contributed by atoms with Crippen molar-refractivity contribution in [2.24, 2.45) is 0 Å². The van der Waals surface area contributed by atoms with Crippen molar-refractivity contribution in [2.45, 2.75) is 19.9 Å². The fourth-order valence-electron chi connectivity index (χ4n) is 1.90. The summed E-state index contributed by atoms with van der Waals surface area (Å²) in [4.78, 5) is 0. The minimum Gasteiger partial charge on any atom is -0.396 e. The minimum absolute atomic E-state index is 0.220. The van der Waals surface area contributed by atoms with Crippen LogP contribution in [0.25, 0.3) is 10.9 Å². The summed E-state index contributed by atoms with van der Waals surface area (Å²) in [5.41, 5.74) is 2.50. The van der Waals surface area contributed by atoms with Gasteiger partial charge in [-0.15, -0.1) is 0 Å². The van der Waals surface area contributed by atoms with Crippen molar-refractivity contribution in [3.63, 3.8) is 0 Å². The molecule has 0 atom stereocenters. The second kappa shape index (κ2) is 3.84. The average molecular weight is 189 g/mol. The number of rotatable bonds is 3. The first-order valence-corrected chi connectivity index (χ1v) is 5.04. The van der Waals surface area contributed by atoms with Gasteiger partial charge in [-0.1, -0.05) is 18.2 Å². The van der Waals surface area contributed by atoms with Crippen LogP contribution in [0.1, 0.15) is 12.5 Å². The summed E-state index contributed by atoms with van der Waals surface area (Å²) >= 11 is 0. The molecular weight excluding hydrogens is 174 g/mol. The molecule has 1 aromatic carbocycles. The smallest absolute Gasteiger partial charge is 0.0483 e. The van der Waals surface area contributed by atoms with E-state index in [1.54, 1.807) is 0 Å². The Labute approximate surface area is 83.8 Å². The van der Waals surface area contributed by atoms with Gasteiger partial charge < -0.3 is 9.67 Å². The van der Waals surface area contributed by atoms with Crippen LogP contribution in [0.5, 0.6) is 0 Å². The van der Waals surface area contributed by atoms with Crippen LogP contribution in [0.4, 0.5) is 0 Å². The molecular formula is C12H15NO. The van der Waals surface area contributed by atoms with Gasteiger partial charge in [-0.2, -0.15) is 0 Å².